The number of fused-ring (bicyclic) bond motifs is 1. The number of halogens is 1. The standard InChI is InChI=1S/C24H27ClN2O6/c1-13-9-14(28)10-18(31-4)24(13)22(29)19-17(30-3)11-15(20(25)21(19)32-24)16-12-23(33-26-16)5-7-27(2)8-6-23/h10-11,13H,5-9,12H2,1-4H3/t13-,24+/m1/s1. The van der Waals surface area contributed by atoms with E-state index in [1.54, 1.807) is 13.0 Å². The maximum absolute atomic E-state index is 13.7. The fourth-order valence-electron chi connectivity index (χ4n) is 5.34. The number of benzene rings is 1. The van der Waals surface area contributed by atoms with Crippen LogP contribution in [0.25, 0.3) is 0 Å². The largest absolute Gasteiger partial charge is 0.496 e. The minimum atomic E-state index is -1.45. The van der Waals surface area contributed by atoms with Crippen LogP contribution in [0.1, 0.15) is 48.5 Å². The number of Topliss-reactive ketones (excluding diaryl/α,β-unsaturated/α-hetero) is 1. The highest BCUT2D eigenvalue weighted by molar-refractivity contribution is 6.37. The molecule has 1 fully saturated rings. The Morgan fingerprint density at radius 1 is 1.21 bits per heavy atom. The SMILES string of the molecule is COC1=CC(=O)C[C@@H](C)[C@]12Oc1c(Cl)c(C3=NOC4(CCN(C)CC4)C3)cc(OC)c1C2=O. The Kier molecular flexibility index (Phi) is 5.21. The Morgan fingerprint density at radius 2 is 1.94 bits per heavy atom. The number of oxime groups is 1. The first-order valence-electron chi connectivity index (χ1n) is 11.1. The molecule has 1 aliphatic carbocycles. The van der Waals surface area contributed by atoms with Crippen molar-refractivity contribution in [2.45, 2.75) is 43.8 Å². The number of methoxy groups -OCH3 is 2. The molecule has 0 radical (unpaired) electrons. The first kappa shape index (κ1) is 22.2. The third-order valence-corrected chi connectivity index (χ3v) is 7.73. The topological polar surface area (TPSA) is 86.7 Å². The van der Waals surface area contributed by atoms with E-state index in [0.717, 1.165) is 25.9 Å². The summed E-state index contributed by atoms with van der Waals surface area (Å²) in [6.45, 7) is 3.67. The van der Waals surface area contributed by atoms with Crippen LogP contribution < -0.4 is 9.47 Å². The van der Waals surface area contributed by atoms with Crippen molar-refractivity contribution < 1.29 is 28.6 Å². The van der Waals surface area contributed by atoms with Gasteiger partial charge in [0.25, 0.3) is 0 Å². The van der Waals surface area contributed by atoms with Gasteiger partial charge in [-0.05, 0) is 13.1 Å². The van der Waals surface area contributed by atoms with Crippen molar-refractivity contribution in [2.24, 2.45) is 11.1 Å². The summed E-state index contributed by atoms with van der Waals surface area (Å²) in [5.74, 6) is -0.128. The Labute approximate surface area is 197 Å². The van der Waals surface area contributed by atoms with Crippen LogP contribution in [0.3, 0.4) is 0 Å². The first-order chi connectivity index (χ1) is 15.7. The molecule has 1 aromatic rings. The van der Waals surface area contributed by atoms with E-state index in [1.165, 1.54) is 20.3 Å². The second kappa shape index (κ2) is 7.74. The van der Waals surface area contributed by atoms with Crippen molar-refractivity contribution in [3.05, 3.63) is 34.1 Å². The zero-order chi connectivity index (χ0) is 23.5. The minimum absolute atomic E-state index is 0.114. The van der Waals surface area contributed by atoms with Crippen LogP contribution in [0.4, 0.5) is 0 Å². The van der Waals surface area contributed by atoms with Crippen molar-refractivity contribution in [2.75, 3.05) is 34.4 Å². The summed E-state index contributed by atoms with van der Waals surface area (Å²) < 4.78 is 17.4. The van der Waals surface area contributed by atoms with Crippen LogP contribution in [0.15, 0.2) is 23.1 Å². The van der Waals surface area contributed by atoms with Crippen molar-refractivity contribution in [3.8, 4) is 11.5 Å². The lowest BCUT2D eigenvalue weighted by molar-refractivity contribution is -0.118. The number of hydrogen-bond acceptors (Lipinski definition) is 8. The summed E-state index contributed by atoms with van der Waals surface area (Å²) in [6, 6.07) is 1.73. The summed E-state index contributed by atoms with van der Waals surface area (Å²) in [6.07, 6.45) is 3.88. The third kappa shape index (κ3) is 3.18. The van der Waals surface area contributed by atoms with Gasteiger partial charge in [-0.25, -0.2) is 0 Å². The van der Waals surface area contributed by atoms with Gasteiger partial charge in [0.2, 0.25) is 11.4 Å². The number of rotatable bonds is 3. The lowest BCUT2D eigenvalue weighted by atomic mass is 9.75. The number of carbonyl (C=O) groups is 2. The molecule has 9 heteroatoms. The second-order valence-electron chi connectivity index (χ2n) is 9.39. The van der Waals surface area contributed by atoms with E-state index < -0.39 is 11.5 Å². The third-order valence-electron chi connectivity index (χ3n) is 7.36. The Hall–Kier alpha value is -2.58. The van der Waals surface area contributed by atoms with Gasteiger partial charge in [-0.1, -0.05) is 23.7 Å². The predicted molar refractivity (Wildman–Crippen MR) is 121 cm³/mol. The molecule has 0 bridgehead atoms. The molecule has 33 heavy (non-hydrogen) atoms. The fourth-order valence-corrected chi connectivity index (χ4v) is 5.64. The van der Waals surface area contributed by atoms with Gasteiger partial charge in [0.15, 0.2) is 17.3 Å². The van der Waals surface area contributed by atoms with Gasteiger partial charge < -0.3 is 23.9 Å². The molecule has 3 aliphatic heterocycles. The molecule has 5 rings (SSSR count). The van der Waals surface area contributed by atoms with E-state index in [1.807, 2.05) is 0 Å². The number of piperidine rings is 1. The highest BCUT2D eigenvalue weighted by Gasteiger charge is 2.60. The summed E-state index contributed by atoms with van der Waals surface area (Å²) in [5.41, 5.74) is -0.209. The summed E-state index contributed by atoms with van der Waals surface area (Å²) in [5, 5.41) is 4.67. The van der Waals surface area contributed by atoms with E-state index in [2.05, 4.69) is 17.1 Å². The van der Waals surface area contributed by atoms with Gasteiger partial charge >= 0.3 is 0 Å². The van der Waals surface area contributed by atoms with E-state index in [9.17, 15) is 9.59 Å². The number of hydrogen-bond donors (Lipinski definition) is 0. The molecule has 1 saturated heterocycles. The molecular weight excluding hydrogens is 448 g/mol. The smallest absolute Gasteiger partial charge is 0.231 e. The monoisotopic (exact) mass is 474 g/mol. The van der Waals surface area contributed by atoms with Crippen LogP contribution >= 0.6 is 11.6 Å². The summed E-state index contributed by atoms with van der Waals surface area (Å²) in [4.78, 5) is 34.1. The van der Waals surface area contributed by atoms with Gasteiger partial charge in [0.1, 0.15) is 16.9 Å². The van der Waals surface area contributed by atoms with Crippen molar-refractivity contribution in [1.82, 2.24) is 4.90 Å². The van der Waals surface area contributed by atoms with Gasteiger partial charge in [-0.3, -0.25) is 9.59 Å². The molecule has 0 unspecified atom stereocenters. The van der Waals surface area contributed by atoms with Gasteiger partial charge in [0, 0.05) is 56.3 Å². The molecule has 8 nitrogen and oxygen atoms in total. The zero-order valence-electron chi connectivity index (χ0n) is 19.2. The van der Waals surface area contributed by atoms with E-state index in [0.29, 0.717) is 23.4 Å². The first-order valence-corrected chi connectivity index (χ1v) is 11.5. The van der Waals surface area contributed by atoms with E-state index >= 15 is 0 Å². The van der Waals surface area contributed by atoms with Gasteiger partial charge in [-0.15, -0.1) is 0 Å². The zero-order valence-corrected chi connectivity index (χ0v) is 20.0. The number of ketones is 2. The average molecular weight is 475 g/mol. The van der Waals surface area contributed by atoms with Crippen LogP contribution in [-0.2, 0) is 14.4 Å². The molecule has 2 spiro atoms. The number of allylic oxidation sites excluding steroid dienone is 1. The quantitative estimate of drug-likeness (QED) is 0.663. The number of carbonyl (C=O) groups excluding carboxylic acids is 2. The Morgan fingerprint density at radius 3 is 2.61 bits per heavy atom. The lowest BCUT2D eigenvalue weighted by Gasteiger charge is -2.36. The highest BCUT2D eigenvalue weighted by atomic mass is 35.5. The van der Waals surface area contributed by atoms with Crippen LogP contribution in [-0.4, -0.2) is 67.7 Å². The van der Waals surface area contributed by atoms with E-state index in [4.69, 9.17) is 30.6 Å². The molecule has 0 N–H and O–H groups in total. The lowest BCUT2D eigenvalue weighted by Crippen LogP contribution is -2.51. The number of nitrogens with zero attached hydrogens (tertiary/aromatic N) is 2. The molecular formula is C24H27ClN2O6. The molecule has 3 heterocycles. The number of likely N-dealkylation sites (tertiary alicyclic amines) is 1. The van der Waals surface area contributed by atoms with E-state index in [-0.39, 0.29) is 45.7 Å². The van der Waals surface area contributed by atoms with Crippen LogP contribution in [0.5, 0.6) is 11.5 Å². The normalized spacial score (nSPS) is 28.3. The van der Waals surface area contributed by atoms with Gasteiger partial charge in [0.05, 0.1) is 25.0 Å². The molecule has 0 amide bonds. The maximum atomic E-state index is 13.7. The van der Waals surface area contributed by atoms with Crippen molar-refractivity contribution in [3.63, 3.8) is 0 Å². The van der Waals surface area contributed by atoms with Crippen LogP contribution in [0.2, 0.25) is 5.02 Å². The van der Waals surface area contributed by atoms with Crippen LogP contribution in [0, 0.1) is 5.92 Å². The Bertz CT molecular complexity index is 1100. The summed E-state index contributed by atoms with van der Waals surface area (Å²) in [7, 11) is 5.02. The van der Waals surface area contributed by atoms with Gasteiger partial charge in [-0.2, -0.15) is 0 Å². The molecule has 0 aromatic heterocycles. The molecule has 4 aliphatic rings. The molecule has 0 saturated carbocycles. The molecule has 1 aromatic carbocycles. The summed E-state index contributed by atoms with van der Waals surface area (Å²) >= 11 is 6.84. The van der Waals surface area contributed by atoms with Crippen molar-refractivity contribution in [1.29, 1.82) is 0 Å². The predicted octanol–water partition coefficient (Wildman–Crippen LogP) is 3.39. The average Bonchev–Trinajstić information content (AvgIpc) is 3.34. The van der Waals surface area contributed by atoms with Crippen molar-refractivity contribution >= 4 is 28.9 Å². The fraction of sp³-hybridized carbons (Fsp3) is 0.542. The highest BCUT2D eigenvalue weighted by Crippen LogP contribution is 2.53. The molecule has 2 atom stereocenters. The molecule has 176 valence electrons. The maximum Gasteiger partial charge on any atom is 0.231 e. The number of ether oxygens (including phenoxy) is 3. The Balaban J connectivity index is 1.56. The second-order valence-corrected chi connectivity index (χ2v) is 9.77. The minimum Gasteiger partial charge on any atom is -0.496 e.